The van der Waals surface area contributed by atoms with Crippen LogP contribution < -0.4 is 5.73 Å². The molecule has 108 valence electrons. The summed E-state index contributed by atoms with van der Waals surface area (Å²) in [5, 5.41) is 0. The lowest BCUT2D eigenvalue weighted by Crippen LogP contribution is -2.38. The molecule has 0 aromatic heterocycles. The van der Waals surface area contributed by atoms with E-state index in [2.05, 4.69) is 11.8 Å². The Kier molecular flexibility index (Phi) is 5.72. The third-order valence-corrected chi connectivity index (χ3v) is 3.43. The zero-order valence-corrected chi connectivity index (χ0v) is 12.4. The molecule has 0 heterocycles. The Bertz CT molecular complexity index is 543. The Balaban J connectivity index is 3.15. The van der Waals surface area contributed by atoms with Crippen molar-refractivity contribution in [3.8, 4) is 11.8 Å². The molecule has 4 heteroatoms. The minimum atomic E-state index is -0.414. The van der Waals surface area contributed by atoms with E-state index in [1.165, 1.54) is 18.2 Å². The van der Waals surface area contributed by atoms with Gasteiger partial charge in [-0.1, -0.05) is 25.7 Å². The van der Waals surface area contributed by atoms with Crippen molar-refractivity contribution < 1.29 is 9.18 Å². The molecule has 0 fully saturated rings. The Morgan fingerprint density at radius 2 is 2.05 bits per heavy atom. The molecule has 0 aliphatic carbocycles. The summed E-state index contributed by atoms with van der Waals surface area (Å²) < 4.78 is 13.3. The summed E-state index contributed by atoms with van der Waals surface area (Å²) in [7, 11) is 1.75. The molecule has 0 saturated heterocycles. The van der Waals surface area contributed by atoms with Crippen molar-refractivity contribution >= 4 is 5.91 Å². The molecule has 0 bridgehead atoms. The second-order valence-corrected chi connectivity index (χ2v) is 5.10. The van der Waals surface area contributed by atoms with E-state index in [0.717, 1.165) is 0 Å². The van der Waals surface area contributed by atoms with Crippen molar-refractivity contribution in [2.45, 2.75) is 26.8 Å². The number of carbonyl (C=O) groups is 1. The van der Waals surface area contributed by atoms with E-state index in [1.54, 1.807) is 11.9 Å². The van der Waals surface area contributed by atoms with Crippen LogP contribution in [0.5, 0.6) is 0 Å². The lowest BCUT2D eigenvalue weighted by molar-refractivity contribution is 0.0707. The SMILES string of the molecule is CC(C)C(C)N(C)C(=O)c1ccc(F)cc1C#CCN. The number of rotatable bonds is 3. The van der Waals surface area contributed by atoms with Gasteiger partial charge in [0.25, 0.3) is 5.91 Å². The highest BCUT2D eigenvalue weighted by atomic mass is 19.1. The van der Waals surface area contributed by atoms with Crippen LogP contribution in [-0.4, -0.2) is 30.4 Å². The summed E-state index contributed by atoms with van der Waals surface area (Å²) in [6.07, 6.45) is 0. The second kappa shape index (κ2) is 7.06. The van der Waals surface area contributed by atoms with Crippen molar-refractivity contribution in [3.05, 3.63) is 35.1 Å². The van der Waals surface area contributed by atoms with Gasteiger partial charge in [0.2, 0.25) is 0 Å². The first-order chi connectivity index (χ1) is 9.38. The van der Waals surface area contributed by atoms with E-state index in [-0.39, 0.29) is 18.5 Å². The fourth-order valence-electron chi connectivity index (χ4n) is 1.77. The normalized spacial score (nSPS) is 11.8. The molecule has 1 rings (SSSR count). The zero-order chi connectivity index (χ0) is 15.3. The van der Waals surface area contributed by atoms with E-state index >= 15 is 0 Å². The van der Waals surface area contributed by atoms with Gasteiger partial charge in [0.15, 0.2) is 0 Å². The number of hydrogen-bond acceptors (Lipinski definition) is 2. The molecule has 1 unspecified atom stereocenters. The van der Waals surface area contributed by atoms with E-state index < -0.39 is 5.82 Å². The average molecular weight is 276 g/mol. The summed E-state index contributed by atoms with van der Waals surface area (Å²) in [5.41, 5.74) is 6.11. The lowest BCUT2D eigenvalue weighted by Gasteiger charge is -2.28. The molecule has 0 aliphatic rings. The van der Waals surface area contributed by atoms with E-state index in [0.29, 0.717) is 17.0 Å². The number of carbonyl (C=O) groups excluding carboxylic acids is 1. The van der Waals surface area contributed by atoms with Crippen molar-refractivity contribution in [2.75, 3.05) is 13.6 Å². The Hall–Kier alpha value is -1.86. The number of nitrogens with zero attached hydrogens (tertiary/aromatic N) is 1. The summed E-state index contributed by atoms with van der Waals surface area (Å²) in [5.74, 6) is 5.18. The number of benzene rings is 1. The van der Waals surface area contributed by atoms with Gasteiger partial charge >= 0.3 is 0 Å². The molecular formula is C16H21FN2O. The van der Waals surface area contributed by atoms with E-state index in [1.807, 2.05) is 20.8 Å². The lowest BCUT2D eigenvalue weighted by atomic mass is 10.0. The van der Waals surface area contributed by atoms with Gasteiger partial charge in [-0.15, -0.1) is 0 Å². The molecule has 2 N–H and O–H groups in total. The second-order valence-electron chi connectivity index (χ2n) is 5.10. The smallest absolute Gasteiger partial charge is 0.255 e. The van der Waals surface area contributed by atoms with Gasteiger partial charge in [-0.05, 0) is 31.0 Å². The van der Waals surface area contributed by atoms with Gasteiger partial charge in [-0.2, -0.15) is 0 Å². The molecule has 3 nitrogen and oxygen atoms in total. The van der Waals surface area contributed by atoms with Crippen LogP contribution in [0, 0.1) is 23.6 Å². The van der Waals surface area contributed by atoms with Crippen LogP contribution in [-0.2, 0) is 0 Å². The highest BCUT2D eigenvalue weighted by Gasteiger charge is 2.21. The zero-order valence-electron chi connectivity index (χ0n) is 12.4. The fourth-order valence-corrected chi connectivity index (χ4v) is 1.77. The molecule has 0 aliphatic heterocycles. The van der Waals surface area contributed by atoms with Crippen molar-refractivity contribution in [1.29, 1.82) is 0 Å². The molecule has 0 saturated carbocycles. The predicted octanol–water partition coefficient (Wildman–Crippen LogP) is 2.25. The Morgan fingerprint density at radius 1 is 1.40 bits per heavy atom. The largest absolute Gasteiger partial charge is 0.339 e. The number of halogens is 1. The van der Waals surface area contributed by atoms with Gasteiger partial charge in [0.1, 0.15) is 5.82 Å². The van der Waals surface area contributed by atoms with Crippen molar-refractivity contribution in [2.24, 2.45) is 11.7 Å². The van der Waals surface area contributed by atoms with Crippen molar-refractivity contribution in [1.82, 2.24) is 4.90 Å². The first-order valence-electron chi connectivity index (χ1n) is 6.64. The van der Waals surface area contributed by atoms with E-state index in [9.17, 15) is 9.18 Å². The number of hydrogen-bond donors (Lipinski definition) is 1. The average Bonchev–Trinajstić information content (AvgIpc) is 2.42. The Morgan fingerprint density at radius 3 is 2.60 bits per heavy atom. The summed E-state index contributed by atoms with van der Waals surface area (Å²) >= 11 is 0. The van der Waals surface area contributed by atoms with Gasteiger partial charge in [-0.25, -0.2) is 4.39 Å². The predicted molar refractivity (Wildman–Crippen MR) is 78.7 cm³/mol. The van der Waals surface area contributed by atoms with Crippen LogP contribution in [0.3, 0.4) is 0 Å². The standard InChI is InChI=1S/C16H21FN2O/c1-11(2)12(3)19(4)16(20)15-8-7-14(17)10-13(15)6-5-9-18/h7-8,10-12H,9,18H2,1-4H3. The number of nitrogens with two attached hydrogens (primary N) is 1. The monoisotopic (exact) mass is 276 g/mol. The van der Waals surface area contributed by atoms with Crippen LogP contribution in [0.25, 0.3) is 0 Å². The quantitative estimate of drug-likeness (QED) is 0.861. The molecule has 1 aromatic rings. The van der Waals surface area contributed by atoms with Crippen molar-refractivity contribution in [3.63, 3.8) is 0 Å². The minimum Gasteiger partial charge on any atom is -0.339 e. The number of amides is 1. The van der Waals surface area contributed by atoms with Crippen LogP contribution in [0.1, 0.15) is 36.7 Å². The molecule has 20 heavy (non-hydrogen) atoms. The fraction of sp³-hybridized carbons (Fsp3) is 0.438. The molecular weight excluding hydrogens is 255 g/mol. The molecule has 0 spiro atoms. The van der Waals surface area contributed by atoms with Crippen LogP contribution in [0.15, 0.2) is 18.2 Å². The highest BCUT2D eigenvalue weighted by molar-refractivity contribution is 5.96. The first kappa shape index (κ1) is 16.2. The third kappa shape index (κ3) is 3.82. The van der Waals surface area contributed by atoms with Gasteiger partial charge in [0, 0.05) is 18.7 Å². The topological polar surface area (TPSA) is 46.3 Å². The van der Waals surface area contributed by atoms with E-state index in [4.69, 9.17) is 5.73 Å². The molecule has 1 amide bonds. The maximum Gasteiger partial charge on any atom is 0.255 e. The van der Waals surface area contributed by atoms with Gasteiger partial charge in [-0.3, -0.25) is 4.79 Å². The minimum absolute atomic E-state index is 0.0860. The van der Waals surface area contributed by atoms with Crippen LogP contribution in [0.2, 0.25) is 0 Å². The summed E-state index contributed by atoms with van der Waals surface area (Å²) in [6.45, 7) is 6.25. The third-order valence-electron chi connectivity index (χ3n) is 3.43. The highest BCUT2D eigenvalue weighted by Crippen LogP contribution is 2.16. The molecule has 0 radical (unpaired) electrons. The van der Waals surface area contributed by atoms with Gasteiger partial charge in [0.05, 0.1) is 12.1 Å². The van der Waals surface area contributed by atoms with Crippen LogP contribution >= 0.6 is 0 Å². The van der Waals surface area contributed by atoms with Gasteiger partial charge < -0.3 is 10.6 Å². The summed E-state index contributed by atoms with van der Waals surface area (Å²) in [6, 6.07) is 4.10. The molecule has 1 atom stereocenters. The maximum atomic E-state index is 13.3. The summed E-state index contributed by atoms with van der Waals surface area (Å²) in [4.78, 5) is 14.1. The molecule has 1 aromatic carbocycles. The maximum absolute atomic E-state index is 13.3. The van der Waals surface area contributed by atoms with Crippen LogP contribution in [0.4, 0.5) is 4.39 Å². The first-order valence-corrected chi connectivity index (χ1v) is 6.64. The Labute approximate surface area is 120 Å².